The average molecular weight is 452 g/mol. The van der Waals surface area contributed by atoms with Crippen molar-refractivity contribution in [3.63, 3.8) is 0 Å². The number of hydrogen-bond acceptors (Lipinski definition) is 5. The lowest BCUT2D eigenvalue weighted by atomic mass is 9.80. The number of methoxy groups -OCH3 is 1. The number of para-hydroxylation sites is 2. The summed E-state index contributed by atoms with van der Waals surface area (Å²) in [5.41, 5.74) is 4.80. The Morgan fingerprint density at radius 1 is 0.941 bits per heavy atom. The Kier molecular flexibility index (Phi) is 6.09. The number of ketones is 1. The molecule has 0 radical (unpaired) electrons. The molecule has 1 aliphatic carbocycles. The Hall–Kier alpha value is -3.99. The van der Waals surface area contributed by atoms with Crippen LogP contribution in [-0.2, 0) is 17.6 Å². The summed E-state index contributed by atoms with van der Waals surface area (Å²) in [4.78, 5) is 31.1. The monoisotopic (exact) mass is 451 g/mol. The fourth-order valence-corrected chi connectivity index (χ4v) is 4.79. The molecule has 0 bridgehead atoms. The van der Waals surface area contributed by atoms with E-state index in [-0.39, 0.29) is 12.4 Å². The van der Waals surface area contributed by atoms with Crippen molar-refractivity contribution in [3.05, 3.63) is 107 Å². The van der Waals surface area contributed by atoms with Gasteiger partial charge in [-0.15, -0.1) is 0 Å². The van der Waals surface area contributed by atoms with Crippen molar-refractivity contribution >= 4 is 22.7 Å². The second kappa shape index (κ2) is 9.48. The van der Waals surface area contributed by atoms with E-state index in [2.05, 4.69) is 12.1 Å². The Bertz CT molecular complexity index is 1360. The van der Waals surface area contributed by atoms with Gasteiger partial charge in [0.15, 0.2) is 6.61 Å². The van der Waals surface area contributed by atoms with Gasteiger partial charge in [0.25, 0.3) is 0 Å². The molecule has 5 rings (SSSR count). The van der Waals surface area contributed by atoms with Crippen LogP contribution >= 0.6 is 0 Å². The van der Waals surface area contributed by atoms with Crippen molar-refractivity contribution in [2.24, 2.45) is 0 Å². The first-order valence-electron chi connectivity index (χ1n) is 11.4. The van der Waals surface area contributed by atoms with Gasteiger partial charge in [-0.2, -0.15) is 0 Å². The number of aromatic nitrogens is 1. The molecular formula is C29H25NO4. The minimum atomic E-state index is -0.494. The van der Waals surface area contributed by atoms with Gasteiger partial charge in [-0.05, 0) is 54.5 Å². The minimum Gasteiger partial charge on any atom is -0.496 e. The number of ether oxygens (including phenoxy) is 2. The molecular weight excluding hydrogens is 426 g/mol. The number of aryl methyl sites for hydroxylation is 1. The summed E-state index contributed by atoms with van der Waals surface area (Å²) in [5, 5.41) is 0.754. The Labute approximate surface area is 198 Å². The molecule has 4 aromatic rings. The molecule has 0 N–H and O–H groups in total. The zero-order valence-corrected chi connectivity index (χ0v) is 19.0. The maximum atomic E-state index is 13.4. The molecule has 1 aliphatic rings. The molecule has 1 heterocycles. The molecule has 0 saturated heterocycles. The first-order chi connectivity index (χ1) is 16.7. The average Bonchev–Trinajstić information content (AvgIpc) is 2.90. The smallest absolute Gasteiger partial charge is 0.339 e. The molecule has 5 heteroatoms. The maximum Gasteiger partial charge on any atom is 0.339 e. The molecule has 0 spiro atoms. The van der Waals surface area contributed by atoms with Crippen molar-refractivity contribution < 1.29 is 19.1 Å². The zero-order chi connectivity index (χ0) is 23.5. The summed E-state index contributed by atoms with van der Waals surface area (Å²) in [6.45, 7) is -0.354. The van der Waals surface area contributed by atoms with Crippen LogP contribution in [0, 0.1) is 0 Å². The first kappa shape index (κ1) is 21.8. The molecule has 1 atom stereocenters. The SMILES string of the molecule is COc1ccccc1C(=O)COC(=O)c1c2c(nc3ccccc13)CC[C@H](c1ccccc1)C2. The van der Waals surface area contributed by atoms with Crippen molar-refractivity contribution in [3.8, 4) is 5.75 Å². The second-order valence-corrected chi connectivity index (χ2v) is 8.48. The van der Waals surface area contributed by atoms with Crippen molar-refractivity contribution in [1.82, 2.24) is 4.98 Å². The standard InChI is InChI=1S/C29H25NO4/c1-33-27-14-8-6-12-22(27)26(31)18-34-29(32)28-21-11-5-7-13-24(21)30-25-16-15-20(17-23(25)28)19-9-3-2-4-10-19/h2-14,20H,15-18H2,1H3/t20-/m0/s1. The van der Waals surface area contributed by atoms with Gasteiger partial charge in [0.1, 0.15) is 5.75 Å². The highest BCUT2D eigenvalue weighted by molar-refractivity contribution is 6.07. The van der Waals surface area contributed by atoms with Crippen LogP contribution in [0.5, 0.6) is 5.75 Å². The van der Waals surface area contributed by atoms with Crippen molar-refractivity contribution in [1.29, 1.82) is 0 Å². The van der Waals surface area contributed by atoms with E-state index >= 15 is 0 Å². The van der Waals surface area contributed by atoms with E-state index in [0.717, 1.165) is 35.0 Å². The predicted molar refractivity (Wildman–Crippen MR) is 131 cm³/mol. The highest BCUT2D eigenvalue weighted by Crippen LogP contribution is 2.36. The molecule has 0 fully saturated rings. The van der Waals surface area contributed by atoms with E-state index in [4.69, 9.17) is 14.5 Å². The number of nitrogens with zero attached hydrogens (tertiary/aromatic N) is 1. The Balaban J connectivity index is 1.47. The maximum absolute atomic E-state index is 13.4. The molecule has 170 valence electrons. The largest absolute Gasteiger partial charge is 0.496 e. The van der Waals surface area contributed by atoms with Gasteiger partial charge in [-0.3, -0.25) is 9.78 Å². The van der Waals surface area contributed by atoms with Gasteiger partial charge in [-0.1, -0.05) is 60.7 Å². The van der Waals surface area contributed by atoms with Crippen molar-refractivity contribution in [2.45, 2.75) is 25.2 Å². The summed E-state index contributed by atoms with van der Waals surface area (Å²) >= 11 is 0. The number of esters is 1. The number of rotatable bonds is 6. The Morgan fingerprint density at radius 2 is 1.68 bits per heavy atom. The van der Waals surface area contributed by atoms with Gasteiger partial charge in [0.05, 0.1) is 23.8 Å². The topological polar surface area (TPSA) is 65.5 Å². The number of hydrogen-bond donors (Lipinski definition) is 0. The van der Waals surface area contributed by atoms with E-state index in [1.165, 1.54) is 12.7 Å². The lowest BCUT2D eigenvalue weighted by Gasteiger charge is -2.27. The van der Waals surface area contributed by atoms with Gasteiger partial charge >= 0.3 is 5.97 Å². The number of carbonyl (C=O) groups excluding carboxylic acids is 2. The van der Waals surface area contributed by atoms with Crippen LogP contribution in [0.4, 0.5) is 0 Å². The van der Waals surface area contributed by atoms with Crippen LogP contribution in [0.15, 0.2) is 78.9 Å². The quantitative estimate of drug-likeness (QED) is 0.284. The highest BCUT2D eigenvalue weighted by Gasteiger charge is 2.29. The van der Waals surface area contributed by atoms with Crippen LogP contribution in [0.2, 0.25) is 0 Å². The number of pyridine rings is 1. The number of fused-ring (bicyclic) bond motifs is 2. The molecule has 5 nitrogen and oxygen atoms in total. The molecule has 0 saturated carbocycles. The van der Waals surface area contributed by atoms with Crippen LogP contribution in [0.25, 0.3) is 10.9 Å². The second-order valence-electron chi connectivity index (χ2n) is 8.48. The fourth-order valence-electron chi connectivity index (χ4n) is 4.79. The van der Waals surface area contributed by atoms with Crippen LogP contribution < -0.4 is 4.74 Å². The number of carbonyl (C=O) groups is 2. The first-order valence-corrected chi connectivity index (χ1v) is 11.4. The fraction of sp³-hybridized carbons (Fsp3) is 0.207. The van der Waals surface area contributed by atoms with Crippen LogP contribution in [0.3, 0.4) is 0 Å². The van der Waals surface area contributed by atoms with E-state index in [1.807, 2.05) is 42.5 Å². The minimum absolute atomic E-state index is 0.304. The van der Waals surface area contributed by atoms with E-state index in [9.17, 15) is 9.59 Å². The third-order valence-electron chi connectivity index (χ3n) is 6.48. The third kappa shape index (κ3) is 4.17. The lowest BCUT2D eigenvalue weighted by Crippen LogP contribution is -2.21. The molecule has 1 aromatic heterocycles. The molecule has 0 unspecified atom stereocenters. The normalized spacial score (nSPS) is 14.9. The number of Topliss-reactive ketones (excluding diaryl/α,β-unsaturated/α-hetero) is 1. The zero-order valence-electron chi connectivity index (χ0n) is 19.0. The summed E-state index contributed by atoms with van der Waals surface area (Å²) in [7, 11) is 1.51. The summed E-state index contributed by atoms with van der Waals surface area (Å²) in [5.74, 6) is -0.0357. The summed E-state index contributed by atoms with van der Waals surface area (Å²) in [6, 6.07) is 24.9. The van der Waals surface area contributed by atoms with Crippen LogP contribution in [0.1, 0.15) is 49.9 Å². The van der Waals surface area contributed by atoms with Gasteiger partial charge < -0.3 is 9.47 Å². The van der Waals surface area contributed by atoms with Crippen LogP contribution in [-0.4, -0.2) is 30.5 Å². The van der Waals surface area contributed by atoms with Gasteiger partial charge in [-0.25, -0.2) is 4.79 Å². The van der Waals surface area contributed by atoms with Gasteiger partial charge in [0.2, 0.25) is 5.78 Å². The lowest BCUT2D eigenvalue weighted by molar-refractivity contribution is 0.0474. The predicted octanol–water partition coefficient (Wildman–Crippen LogP) is 5.56. The number of benzene rings is 3. The molecule has 3 aromatic carbocycles. The van der Waals surface area contributed by atoms with E-state index in [1.54, 1.807) is 24.3 Å². The summed E-state index contributed by atoms with van der Waals surface area (Å²) < 4.78 is 10.9. The molecule has 0 amide bonds. The van der Waals surface area contributed by atoms with E-state index in [0.29, 0.717) is 29.2 Å². The summed E-state index contributed by atoms with van der Waals surface area (Å²) in [6.07, 6.45) is 2.48. The third-order valence-corrected chi connectivity index (χ3v) is 6.48. The Morgan fingerprint density at radius 3 is 2.50 bits per heavy atom. The van der Waals surface area contributed by atoms with Gasteiger partial charge in [0, 0.05) is 11.1 Å². The van der Waals surface area contributed by atoms with Crippen molar-refractivity contribution in [2.75, 3.05) is 13.7 Å². The molecule has 0 aliphatic heterocycles. The molecule has 34 heavy (non-hydrogen) atoms. The van der Waals surface area contributed by atoms with E-state index < -0.39 is 5.97 Å². The highest BCUT2D eigenvalue weighted by atomic mass is 16.5.